The van der Waals surface area contributed by atoms with E-state index in [9.17, 15) is 9.59 Å². The molecule has 6 heteroatoms. The maximum atomic E-state index is 12.4. The van der Waals surface area contributed by atoms with Crippen molar-refractivity contribution in [2.45, 2.75) is 51.4 Å². The highest BCUT2D eigenvalue weighted by Crippen LogP contribution is 2.37. The summed E-state index contributed by atoms with van der Waals surface area (Å²) in [6, 6.07) is 12.6. The molecule has 0 spiro atoms. The van der Waals surface area contributed by atoms with Crippen LogP contribution >= 0.6 is 0 Å². The first-order valence-corrected chi connectivity index (χ1v) is 11.1. The Morgan fingerprint density at radius 1 is 1.00 bits per heavy atom. The second-order valence-corrected chi connectivity index (χ2v) is 8.74. The van der Waals surface area contributed by atoms with E-state index in [0.717, 1.165) is 53.8 Å². The number of hydrogen-bond acceptors (Lipinski definition) is 5. The fourth-order valence-electron chi connectivity index (χ4n) is 5.24. The van der Waals surface area contributed by atoms with Gasteiger partial charge < -0.3 is 9.42 Å². The number of aromatic nitrogens is 1. The van der Waals surface area contributed by atoms with Gasteiger partial charge in [0.1, 0.15) is 11.3 Å². The number of nitrogens with one attached hydrogen (secondary N) is 1. The Bertz CT molecular complexity index is 1160. The average Bonchev–Trinajstić information content (AvgIpc) is 3.16. The number of amides is 2. The summed E-state index contributed by atoms with van der Waals surface area (Å²) in [4.78, 5) is 26.3. The highest BCUT2D eigenvalue weighted by atomic mass is 16.5. The average molecular weight is 418 g/mol. The molecule has 3 heterocycles. The summed E-state index contributed by atoms with van der Waals surface area (Å²) >= 11 is 0. The van der Waals surface area contributed by atoms with Gasteiger partial charge in [0.2, 0.25) is 11.8 Å². The number of rotatable bonds is 3. The smallest absolute Gasteiger partial charge is 0.234 e. The standard InChI is InChI=1S/C25H27N3O3/c1-15-18(5-3-6-19(15)21-9-10-23(29)26-25(21)30)17-11-13-28(14-12-17)22-8-4-7-20-16(2)31-27-24(20)22/h3-8,17,21H,9-14H2,1-2H3,(H,26,29,30). The molecule has 3 aromatic rings. The molecule has 2 fully saturated rings. The fourth-order valence-corrected chi connectivity index (χ4v) is 5.24. The van der Waals surface area contributed by atoms with Crippen LogP contribution in [0.25, 0.3) is 10.9 Å². The monoisotopic (exact) mass is 417 g/mol. The van der Waals surface area contributed by atoms with Crippen molar-refractivity contribution in [1.82, 2.24) is 10.5 Å². The molecule has 0 radical (unpaired) electrons. The van der Waals surface area contributed by atoms with E-state index in [1.165, 1.54) is 11.1 Å². The van der Waals surface area contributed by atoms with Gasteiger partial charge in [-0.25, -0.2) is 0 Å². The quantitative estimate of drug-likeness (QED) is 0.641. The summed E-state index contributed by atoms with van der Waals surface area (Å²) < 4.78 is 5.41. The zero-order valence-corrected chi connectivity index (χ0v) is 18.0. The van der Waals surface area contributed by atoms with Crippen LogP contribution in [0.5, 0.6) is 0 Å². The van der Waals surface area contributed by atoms with Crippen LogP contribution in [0.2, 0.25) is 0 Å². The van der Waals surface area contributed by atoms with Crippen molar-refractivity contribution in [3.05, 3.63) is 58.8 Å². The van der Waals surface area contributed by atoms with Crippen LogP contribution in [0.4, 0.5) is 5.69 Å². The lowest BCUT2D eigenvalue weighted by molar-refractivity contribution is -0.134. The Kier molecular flexibility index (Phi) is 5.00. The van der Waals surface area contributed by atoms with E-state index in [2.05, 4.69) is 52.6 Å². The number of hydrogen-bond donors (Lipinski definition) is 1. The molecule has 0 aliphatic carbocycles. The first kappa shape index (κ1) is 19.8. The summed E-state index contributed by atoms with van der Waals surface area (Å²) in [6.07, 6.45) is 3.10. The van der Waals surface area contributed by atoms with E-state index in [0.29, 0.717) is 18.8 Å². The maximum absolute atomic E-state index is 12.4. The van der Waals surface area contributed by atoms with Gasteiger partial charge in [0.15, 0.2) is 0 Å². The molecule has 1 aromatic heterocycles. The van der Waals surface area contributed by atoms with E-state index in [4.69, 9.17) is 4.52 Å². The SMILES string of the molecule is Cc1c(C2CCN(c3cccc4c(C)onc34)CC2)cccc1C1CCC(=O)NC1=O. The minimum Gasteiger partial charge on any atom is -0.370 e. The normalized spacial score (nSPS) is 20.3. The highest BCUT2D eigenvalue weighted by molar-refractivity contribution is 6.01. The minimum absolute atomic E-state index is 0.165. The molecule has 6 nitrogen and oxygen atoms in total. The lowest BCUT2D eigenvalue weighted by Crippen LogP contribution is -2.39. The summed E-state index contributed by atoms with van der Waals surface area (Å²) in [5.74, 6) is 0.753. The third-order valence-corrected chi connectivity index (χ3v) is 6.98. The first-order valence-electron chi connectivity index (χ1n) is 11.1. The van der Waals surface area contributed by atoms with E-state index in [1.54, 1.807) is 0 Å². The summed E-state index contributed by atoms with van der Waals surface area (Å²) in [5, 5.41) is 7.85. The van der Waals surface area contributed by atoms with Gasteiger partial charge in [-0.2, -0.15) is 0 Å². The molecular formula is C25H27N3O3. The number of benzene rings is 2. The van der Waals surface area contributed by atoms with E-state index in [1.807, 2.05) is 13.0 Å². The molecule has 2 aliphatic rings. The molecule has 0 bridgehead atoms. The Morgan fingerprint density at radius 3 is 2.52 bits per heavy atom. The summed E-state index contributed by atoms with van der Waals surface area (Å²) in [6.45, 7) is 5.98. The molecule has 2 saturated heterocycles. The van der Waals surface area contributed by atoms with Crippen LogP contribution in [-0.4, -0.2) is 30.1 Å². The van der Waals surface area contributed by atoms with Gasteiger partial charge in [-0.3, -0.25) is 14.9 Å². The van der Waals surface area contributed by atoms with E-state index < -0.39 is 0 Å². The van der Waals surface area contributed by atoms with Gasteiger partial charge in [0.25, 0.3) is 0 Å². The Balaban J connectivity index is 1.35. The Morgan fingerprint density at radius 2 is 1.74 bits per heavy atom. The van der Waals surface area contributed by atoms with Crippen molar-refractivity contribution < 1.29 is 14.1 Å². The van der Waals surface area contributed by atoms with Gasteiger partial charge in [0.05, 0.1) is 11.6 Å². The Labute approximate surface area is 181 Å². The number of carbonyl (C=O) groups is 2. The van der Waals surface area contributed by atoms with E-state index >= 15 is 0 Å². The van der Waals surface area contributed by atoms with Gasteiger partial charge in [-0.1, -0.05) is 29.4 Å². The molecule has 0 saturated carbocycles. The number of anilines is 1. The van der Waals surface area contributed by atoms with Crippen molar-refractivity contribution in [2.75, 3.05) is 18.0 Å². The molecule has 160 valence electrons. The minimum atomic E-state index is -0.231. The second kappa shape index (κ2) is 7.84. The molecule has 2 amide bonds. The molecular weight excluding hydrogens is 390 g/mol. The van der Waals surface area contributed by atoms with Crippen LogP contribution in [0, 0.1) is 13.8 Å². The van der Waals surface area contributed by atoms with Gasteiger partial charge in [-0.05, 0) is 67.9 Å². The largest absolute Gasteiger partial charge is 0.370 e. The number of piperidine rings is 2. The molecule has 2 aromatic carbocycles. The zero-order valence-electron chi connectivity index (χ0n) is 18.0. The third kappa shape index (κ3) is 3.50. The van der Waals surface area contributed by atoms with Crippen LogP contribution < -0.4 is 10.2 Å². The van der Waals surface area contributed by atoms with Gasteiger partial charge >= 0.3 is 0 Å². The molecule has 1 N–H and O–H groups in total. The highest BCUT2D eigenvalue weighted by Gasteiger charge is 2.31. The summed E-state index contributed by atoms with van der Waals surface area (Å²) in [5.41, 5.74) is 5.67. The molecule has 5 rings (SSSR count). The first-order chi connectivity index (χ1) is 15.0. The van der Waals surface area contributed by atoms with Crippen LogP contribution in [0.1, 0.15) is 60.0 Å². The number of nitrogens with zero attached hydrogens (tertiary/aromatic N) is 2. The molecule has 2 aliphatic heterocycles. The van der Waals surface area contributed by atoms with Gasteiger partial charge in [-0.15, -0.1) is 0 Å². The van der Waals surface area contributed by atoms with Crippen molar-refractivity contribution in [2.24, 2.45) is 0 Å². The lowest BCUT2D eigenvalue weighted by Gasteiger charge is -2.35. The fraction of sp³-hybridized carbons (Fsp3) is 0.400. The third-order valence-electron chi connectivity index (χ3n) is 6.98. The lowest BCUT2D eigenvalue weighted by atomic mass is 9.81. The maximum Gasteiger partial charge on any atom is 0.234 e. The van der Waals surface area contributed by atoms with Crippen molar-refractivity contribution in [1.29, 1.82) is 0 Å². The van der Waals surface area contributed by atoms with Crippen molar-refractivity contribution in [3.8, 4) is 0 Å². The molecule has 31 heavy (non-hydrogen) atoms. The van der Waals surface area contributed by atoms with Crippen molar-refractivity contribution in [3.63, 3.8) is 0 Å². The van der Waals surface area contributed by atoms with Crippen LogP contribution in [-0.2, 0) is 9.59 Å². The summed E-state index contributed by atoms with van der Waals surface area (Å²) in [7, 11) is 0. The van der Waals surface area contributed by atoms with Crippen LogP contribution in [0.3, 0.4) is 0 Å². The number of aryl methyl sites for hydroxylation is 1. The predicted octanol–water partition coefficient (Wildman–Crippen LogP) is 4.35. The van der Waals surface area contributed by atoms with E-state index in [-0.39, 0.29) is 17.7 Å². The number of carbonyl (C=O) groups excluding carboxylic acids is 2. The Hall–Kier alpha value is -3.15. The van der Waals surface area contributed by atoms with Gasteiger partial charge in [0, 0.05) is 24.9 Å². The predicted molar refractivity (Wildman–Crippen MR) is 119 cm³/mol. The van der Waals surface area contributed by atoms with Crippen molar-refractivity contribution >= 4 is 28.4 Å². The topological polar surface area (TPSA) is 75.4 Å². The second-order valence-electron chi connectivity index (χ2n) is 8.74. The van der Waals surface area contributed by atoms with Crippen LogP contribution in [0.15, 0.2) is 40.9 Å². The number of imide groups is 1. The molecule has 1 unspecified atom stereocenters. The zero-order chi connectivity index (χ0) is 21.5. The number of fused-ring (bicyclic) bond motifs is 1. The molecule has 1 atom stereocenters.